The second-order valence-corrected chi connectivity index (χ2v) is 8.37. The van der Waals surface area contributed by atoms with Crippen LogP contribution in [0.1, 0.15) is 33.1 Å². The lowest BCUT2D eigenvalue weighted by Gasteiger charge is -2.33. The lowest BCUT2D eigenvalue weighted by molar-refractivity contribution is 0.276. The standard InChI is InChI=1S/C12H21N3O2S2/c1-7-4-5-9(8(2)6-7)14-12-10(19(3,16)17)11(13)15-18-12/h7-9,14H,4-6H2,1-3H3,(H2,13,15). The van der Waals surface area contributed by atoms with Crippen LogP contribution in [0.5, 0.6) is 0 Å². The molecule has 0 aromatic carbocycles. The van der Waals surface area contributed by atoms with E-state index >= 15 is 0 Å². The molecule has 19 heavy (non-hydrogen) atoms. The summed E-state index contributed by atoms with van der Waals surface area (Å²) in [6, 6.07) is 0.302. The Morgan fingerprint density at radius 3 is 2.63 bits per heavy atom. The van der Waals surface area contributed by atoms with Gasteiger partial charge in [0.1, 0.15) is 9.90 Å². The summed E-state index contributed by atoms with van der Waals surface area (Å²) in [6.45, 7) is 4.47. The van der Waals surface area contributed by atoms with E-state index in [0.717, 1.165) is 23.9 Å². The zero-order valence-electron chi connectivity index (χ0n) is 11.5. The van der Waals surface area contributed by atoms with Gasteiger partial charge in [-0.15, -0.1) is 0 Å². The highest BCUT2D eigenvalue weighted by Crippen LogP contribution is 2.36. The maximum atomic E-state index is 11.8. The molecule has 3 N–H and O–H groups in total. The Kier molecular flexibility index (Phi) is 4.06. The molecular weight excluding hydrogens is 282 g/mol. The first-order valence-corrected chi connectivity index (χ1v) is 9.17. The van der Waals surface area contributed by atoms with Crippen LogP contribution in [0.3, 0.4) is 0 Å². The Hall–Kier alpha value is -0.820. The number of nitrogen functional groups attached to an aromatic ring is 1. The first-order valence-electron chi connectivity index (χ1n) is 6.50. The van der Waals surface area contributed by atoms with Gasteiger partial charge in [-0.1, -0.05) is 13.8 Å². The van der Waals surface area contributed by atoms with E-state index in [9.17, 15) is 8.42 Å². The fourth-order valence-electron chi connectivity index (χ4n) is 2.79. The second kappa shape index (κ2) is 5.28. The number of hydrogen-bond acceptors (Lipinski definition) is 6. The lowest BCUT2D eigenvalue weighted by atomic mass is 9.80. The van der Waals surface area contributed by atoms with E-state index in [1.54, 1.807) is 0 Å². The lowest BCUT2D eigenvalue weighted by Crippen LogP contribution is -2.33. The number of sulfone groups is 1. The second-order valence-electron chi connectivity index (χ2n) is 5.64. The molecule has 0 saturated heterocycles. The van der Waals surface area contributed by atoms with E-state index in [1.807, 2.05) is 0 Å². The summed E-state index contributed by atoms with van der Waals surface area (Å²) in [5.74, 6) is 1.38. The largest absolute Gasteiger partial charge is 0.382 e. The fourth-order valence-corrected chi connectivity index (χ4v) is 4.91. The molecule has 1 aliphatic carbocycles. The normalized spacial score (nSPS) is 28.3. The van der Waals surface area contributed by atoms with Gasteiger partial charge in [-0.05, 0) is 42.6 Å². The van der Waals surface area contributed by atoms with Gasteiger partial charge in [-0.2, -0.15) is 4.37 Å². The van der Waals surface area contributed by atoms with Crippen molar-refractivity contribution in [3.63, 3.8) is 0 Å². The first kappa shape index (κ1) is 14.6. The molecule has 0 amide bonds. The van der Waals surface area contributed by atoms with Gasteiger partial charge in [0.15, 0.2) is 15.7 Å². The van der Waals surface area contributed by atoms with Gasteiger partial charge in [-0.3, -0.25) is 0 Å². The zero-order chi connectivity index (χ0) is 14.2. The van der Waals surface area contributed by atoms with Crippen LogP contribution in [-0.4, -0.2) is 25.1 Å². The van der Waals surface area contributed by atoms with Crippen molar-refractivity contribution in [2.75, 3.05) is 17.3 Å². The third-order valence-electron chi connectivity index (χ3n) is 3.79. The van der Waals surface area contributed by atoms with Crippen LogP contribution in [0.15, 0.2) is 4.90 Å². The zero-order valence-corrected chi connectivity index (χ0v) is 13.1. The number of anilines is 2. The smallest absolute Gasteiger partial charge is 0.182 e. The molecule has 1 aromatic rings. The van der Waals surface area contributed by atoms with Crippen molar-refractivity contribution in [1.29, 1.82) is 0 Å². The van der Waals surface area contributed by atoms with Crippen LogP contribution >= 0.6 is 11.5 Å². The molecule has 0 bridgehead atoms. The van der Waals surface area contributed by atoms with E-state index in [-0.39, 0.29) is 10.7 Å². The Balaban J connectivity index is 2.21. The van der Waals surface area contributed by atoms with E-state index in [0.29, 0.717) is 17.0 Å². The molecule has 5 nitrogen and oxygen atoms in total. The maximum absolute atomic E-state index is 11.8. The third kappa shape index (κ3) is 3.20. The highest BCUT2D eigenvalue weighted by molar-refractivity contribution is 7.91. The summed E-state index contributed by atoms with van der Waals surface area (Å²) in [5.41, 5.74) is 5.67. The highest BCUT2D eigenvalue weighted by Gasteiger charge is 2.28. The van der Waals surface area contributed by atoms with Crippen LogP contribution < -0.4 is 11.1 Å². The predicted octanol–water partition coefficient (Wildman–Crippen LogP) is 2.37. The van der Waals surface area contributed by atoms with Crippen LogP contribution in [0.4, 0.5) is 10.8 Å². The number of nitrogens with two attached hydrogens (primary N) is 1. The maximum Gasteiger partial charge on any atom is 0.182 e. The number of aromatic nitrogens is 1. The monoisotopic (exact) mass is 303 g/mol. The van der Waals surface area contributed by atoms with E-state index in [4.69, 9.17) is 5.73 Å². The van der Waals surface area contributed by atoms with Crippen molar-refractivity contribution in [2.24, 2.45) is 11.8 Å². The molecule has 1 aromatic heterocycles. The van der Waals surface area contributed by atoms with Crippen molar-refractivity contribution < 1.29 is 8.42 Å². The molecule has 1 saturated carbocycles. The van der Waals surface area contributed by atoms with Crippen molar-refractivity contribution in [3.8, 4) is 0 Å². The Labute approximate surface area is 118 Å². The average Bonchev–Trinajstić information content (AvgIpc) is 2.63. The number of nitrogens with zero attached hydrogens (tertiary/aromatic N) is 1. The van der Waals surface area contributed by atoms with Gasteiger partial charge in [0.25, 0.3) is 0 Å². The molecule has 108 valence electrons. The van der Waals surface area contributed by atoms with Gasteiger partial charge in [0.05, 0.1) is 0 Å². The van der Waals surface area contributed by atoms with Crippen molar-refractivity contribution in [1.82, 2.24) is 4.37 Å². The van der Waals surface area contributed by atoms with Gasteiger partial charge in [-0.25, -0.2) is 8.42 Å². The van der Waals surface area contributed by atoms with Crippen molar-refractivity contribution in [3.05, 3.63) is 0 Å². The number of nitrogens with one attached hydrogen (secondary N) is 1. The van der Waals surface area contributed by atoms with Gasteiger partial charge in [0, 0.05) is 12.3 Å². The third-order valence-corrected chi connectivity index (χ3v) is 5.87. The topological polar surface area (TPSA) is 85.1 Å². The van der Waals surface area contributed by atoms with Crippen LogP contribution in [0.2, 0.25) is 0 Å². The highest BCUT2D eigenvalue weighted by atomic mass is 32.2. The Bertz CT molecular complexity index is 553. The van der Waals surface area contributed by atoms with Crippen molar-refractivity contribution in [2.45, 2.75) is 44.0 Å². The van der Waals surface area contributed by atoms with Crippen molar-refractivity contribution >= 4 is 32.2 Å². The van der Waals surface area contributed by atoms with Gasteiger partial charge < -0.3 is 11.1 Å². The molecule has 1 aliphatic rings. The summed E-state index contributed by atoms with van der Waals surface area (Å²) in [5, 5.41) is 3.93. The average molecular weight is 303 g/mol. The summed E-state index contributed by atoms with van der Waals surface area (Å²) in [4.78, 5) is 0.156. The number of rotatable bonds is 3. The van der Waals surface area contributed by atoms with Crippen LogP contribution in [-0.2, 0) is 9.84 Å². The molecule has 3 unspecified atom stereocenters. The van der Waals surface area contributed by atoms with Crippen LogP contribution in [0, 0.1) is 11.8 Å². The molecule has 7 heteroatoms. The minimum absolute atomic E-state index is 0.104. The minimum Gasteiger partial charge on any atom is -0.382 e. The summed E-state index contributed by atoms with van der Waals surface area (Å²) in [6.07, 6.45) is 4.57. The summed E-state index contributed by atoms with van der Waals surface area (Å²) in [7, 11) is -3.34. The molecule has 2 rings (SSSR count). The van der Waals surface area contributed by atoms with Crippen LogP contribution in [0.25, 0.3) is 0 Å². The van der Waals surface area contributed by atoms with E-state index < -0.39 is 9.84 Å². The predicted molar refractivity (Wildman–Crippen MR) is 79.2 cm³/mol. The SMILES string of the molecule is CC1CCC(Nc2snc(N)c2S(C)(=O)=O)C(C)C1. The fraction of sp³-hybridized carbons (Fsp3) is 0.750. The van der Waals surface area contributed by atoms with E-state index in [1.165, 1.54) is 19.1 Å². The Morgan fingerprint density at radius 2 is 2.05 bits per heavy atom. The molecule has 1 fully saturated rings. The Morgan fingerprint density at radius 1 is 1.37 bits per heavy atom. The molecule has 0 aliphatic heterocycles. The molecule has 3 atom stereocenters. The molecule has 0 spiro atoms. The summed E-state index contributed by atoms with van der Waals surface area (Å²) < 4.78 is 27.5. The molecular formula is C12H21N3O2S2. The van der Waals surface area contributed by atoms with Gasteiger partial charge in [0.2, 0.25) is 0 Å². The summed E-state index contributed by atoms with van der Waals surface area (Å²) >= 11 is 1.13. The quantitative estimate of drug-likeness (QED) is 0.895. The first-order chi connectivity index (χ1) is 8.79. The number of hydrogen-bond donors (Lipinski definition) is 2. The van der Waals surface area contributed by atoms with E-state index in [2.05, 4.69) is 23.5 Å². The van der Waals surface area contributed by atoms with Gasteiger partial charge >= 0.3 is 0 Å². The minimum atomic E-state index is -3.34. The molecule has 0 radical (unpaired) electrons. The molecule has 1 heterocycles.